The molecule has 0 aliphatic heterocycles. The maximum absolute atomic E-state index is 9.60. The van der Waals surface area contributed by atoms with Gasteiger partial charge < -0.3 is 5.11 Å². The van der Waals surface area contributed by atoms with Gasteiger partial charge in [0.2, 0.25) is 0 Å². The lowest BCUT2D eigenvalue weighted by atomic mass is 10.2. The summed E-state index contributed by atoms with van der Waals surface area (Å²) in [6.45, 7) is 18.1. The van der Waals surface area contributed by atoms with Crippen LogP contribution in [0.15, 0.2) is 87.0 Å². The van der Waals surface area contributed by atoms with E-state index >= 15 is 0 Å². The first-order valence-electron chi connectivity index (χ1n) is 6.21. The Morgan fingerprint density at radius 2 is 1.50 bits per heavy atom. The highest BCUT2D eigenvalue weighted by atomic mass is 16.4. The summed E-state index contributed by atoms with van der Waals surface area (Å²) in [5, 5.41) is 15.4. The van der Waals surface area contributed by atoms with E-state index in [4.69, 9.17) is 10.4 Å². The third-order valence-corrected chi connectivity index (χ3v) is 1.66. The van der Waals surface area contributed by atoms with E-state index in [0.717, 1.165) is 0 Å². The Balaban J connectivity index is -0.000000231. The number of carboxylic acids is 1. The van der Waals surface area contributed by atoms with Gasteiger partial charge in [0.1, 0.15) is 0 Å². The monoisotopic (exact) mass is 297 g/mol. The van der Waals surface area contributed by atoms with Crippen molar-refractivity contribution in [3.63, 3.8) is 0 Å². The van der Waals surface area contributed by atoms with Crippen LogP contribution in [0.3, 0.4) is 0 Å². The molecule has 0 bridgehead atoms. The van der Waals surface area contributed by atoms with Crippen LogP contribution in [0.4, 0.5) is 0 Å². The molecule has 0 saturated heterocycles. The minimum absolute atomic E-state index is 0.176. The van der Waals surface area contributed by atoms with Crippen molar-refractivity contribution >= 4 is 12.0 Å². The molecule has 0 saturated carbocycles. The van der Waals surface area contributed by atoms with Gasteiger partial charge in [-0.2, -0.15) is 5.26 Å². The molecule has 0 aliphatic carbocycles. The van der Waals surface area contributed by atoms with Crippen molar-refractivity contribution in [2.45, 2.75) is 6.92 Å². The van der Waals surface area contributed by atoms with E-state index in [2.05, 4.69) is 32.9 Å². The number of nitriles is 1. The molecule has 0 spiro atoms. The largest absolute Gasteiger partial charge is 0.478 e. The number of hydrogen-bond acceptors (Lipinski definition) is 2. The summed E-state index contributed by atoms with van der Waals surface area (Å²) < 4.78 is 0. The van der Waals surface area contributed by atoms with Crippen LogP contribution < -0.4 is 0 Å². The summed E-state index contributed by atoms with van der Waals surface area (Å²) in [4.78, 5) is 9.60. The van der Waals surface area contributed by atoms with E-state index < -0.39 is 5.97 Å². The number of carbonyl (C=O) groups is 1. The highest BCUT2D eigenvalue weighted by molar-refractivity contribution is 5.84. The lowest BCUT2D eigenvalue weighted by Gasteiger charge is -1.85. The molecule has 0 amide bonds. The zero-order valence-electron chi connectivity index (χ0n) is 13.0. The van der Waals surface area contributed by atoms with Crippen LogP contribution in [0, 0.1) is 11.3 Å². The third-order valence-electron chi connectivity index (χ3n) is 1.66. The molecule has 0 fully saturated rings. The highest BCUT2D eigenvalue weighted by Crippen LogP contribution is 1.97. The SMILES string of the molecule is C=C(C)C(=O)O.C=CC#N.C=CC=C.C=Cc1ccccc1. The molecule has 22 heavy (non-hydrogen) atoms. The zero-order chi connectivity index (χ0) is 17.8. The number of allylic oxidation sites excluding steroid dienone is 3. The molecule has 0 aromatic heterocycles. The average molecular weight is 297 g/mol. The lowest BCUT2D eigenvalue weighted by molar-refractivity contribution is -0.132. The van der Waals surface area contributed by atoms with Gasteiger partial charge in [0.25, 0.3) is 0 Å². The number of carboxylic acid groups (broad SMARTS) is 1. The summed E-state index contributed by atoms with van der Waals surface area (Å²) in [7, 11) is 0. The van der Waals surface area contributed by atoms with E-state index in [1.165, 1.54) is 18.6 Å². The molecule has 3 heteroatoms. The Hall–Kier alpha value is -3.12. The Labute approximate surface area is 133 Å². The van der Waals surface area contributed by atoms with Crippen molar-refractivity contribution in [2.75, 3.05) is 0 Å². The molecule has 116 valence electrons. The molecule has 1 rings (SSSR count). The fourth-order valence-corrected chi connectivity index (χ4v) is 0.589. The third kappa shape index (κ3) is 25.7. The van der Waals surface area contributed by atoms with Gasteiger partial charge in [-0.05, 0) is 12.5 Å². The van der Waals surface area contributed by atoms with Crippen molar-refractivity contribution in [1.82, 2.24) is 0 Å². The molecule has 0 unspecified atom stereocenters. The molecule has 1 N–H and O–H groups in total. The zero-order valence-corrected chi connectivity index (χ0v) is 13.0. The summed E-state index contributed by atoms with van der Waals surface area (Å²) in [5.41, 5.74) is 1.35. The van der Waals surface area contributed by atoms with E-state index in [1.807, 2.05) is 36.4 Å². The number of rotatable bonds is 3. The van der Waals surface area contributed by atoms with Crippen LogP contribution in [0.5, 0.6) is 0 Å². The summed E-state index contributed by atoms with van der Waals surface area (Å²) >= 11 is 0. The van der Waals surface area contributed by atoms with E-state index in [-0.39, 0.29) is 5.57 Å². The van der Waals surface area contributed by atoms with Gasteiger partial charge in [0.05, 0.1) is 6.07 Å². The smallest absolute Gasteiger partial charge is 0.330 e. The van der Waals surface area contributed by atoms with E-state index in [0.29, 0.717) is 0 Å². The number of aliphatic carboxylic acids is 1. The first-order valence-corrected chi connectivity index (χ1v) is 6.21. The normalized spacial score (nSPS) is 6.73. The van der Waals surface area contributed by atoms with Gasteiger partial charge in [0.15, 0.2) is 0 Å². The molecule has 0 radical (unpaired) electrons. The molecule has 3 nitrogen and oxygen atoms in total. The van der Waals surface area contributed by atoms with Gasteiger partial charge in [-0.3, -0.25) is 0 Å². The first-order chi connectivity index (χ1) is 10.4. The molecule has 0 heterocycles. The highest BCUT2D eigenvalue weighted by Gasteiger charge is 1.90. The molecular formula is C19H23NO2. The predicted molar refractivity (Wildman–Crippen MR) is 95.2 cm³/mol. The topological polar surface area (TPSA) is 61.1 Å². The Morgan fingerprint density at radius 3 is 1.64 bits per heavy atom. The van der Waals surface area contributed by atoms with Gasteiger partial charge in [0, 0.05) is 11.6 Å². The van der Waals surface area contributed by atoms with Crippen LogP contribution >= 0.6 is 0 Å². The van der Waals surface area contributed by atoms with Gasteiger partial charge >= 0.3 is 5.97 Å². The minimum atomic E-state index is -0.935. The lowest BCUT2D eigenvalue weighted by Crippen LogP contribution is -1.92. The second-order valence-corrected chi connectivity index (χ2v) is 3.50. The van der Waals surface area contributed by atoms with Gasteiger partial charge in [-0.25, -0.2) is 4.79 Å². The van der Waals surface area contributed by atoms with Crippen LogP contribution in [-0.4, -0.2) is 11.1 Å². The quantitative estimate of drug-likeness (QED) is 0.483. The van der Waals surface area contributed by atoms with Crippen LogP contribution in [0.2, 0.25) is 0 Å². The molecule has 0 atom stereocenters. The van der Waals surface area contributed by atoms with Crippen LogP contribution in [0.25, 0.3) is 6.08 Å². The molecule has 0 aliphatic rings. The second kappa shape index (κ2) is 20.2. The molecule has 1 aromatic carbocycles. The number of nitrogens with zero attached hydrogens (tertiary/aromatic N) is 1. The van der Waals surface area contributed by atoms with Gasteiger partial charge in [-0.1, -0.05) is 81.5 Å². The van der Waals surface area contributed by atoms with E-state index in [1.54, 1.807) is 18.2 Å². The maximum Gasteiger partial charge on any atom is 0.330 e. The van der Waals surface area contributed by atoms with Crippen molar-refractivity contribution in [3.05, 3.63) is 92.6 Å². The standard InChI is InChI=1S/C8H8.C4H6O2.C4H6.C3H3N/c1-2-8-6-4-3-5-7-8;1-3(2)4(5)6;1-3-4-2;1-2-3-4/h2-7H,1H2;1H2,2H3,(H,5,6);3-4H,1-2H2;2H,1H2. The number of benzene rings is 1. The second-order valence-electron chi connectivity index (χ2n) is 3.50. The summed E-state index contributed by atoms with van der Waals surface area (Å²) in [5.74, 6) is -0.935. The average Bonchev–Trinajstić information content (AvgIpc) is 2.56. The van der Waals surface area contributed by atoms with Crippen LogP contribution in [-0.2, 0) is 4.79 Å². The predicted octanol–water partition coefficient (Wildman–Crippen LogP) is 5.03. The van der Waals surface area contributed by atoms with Gasteiger partial charge in [-0.15, -0.1) is 0 Å². The Bertz CT molecular complexity index is 490. The van der Waals surface area contributed by atoms with Crippen molar-refractivity contribution in [3.8, 4) is 6.07 Å². The van der Waals surface area contributed by atoms with Crippen molar-refractivity contribution in [2.24, 2.45) is 0 Å². The Kier molecular flexibility index (Phi) is 22.0. The van der Waals surface area contributed by atoms with Crippen LogP contribution in [0.1, 0.15) is 12.5 Å². The summed E-state index contributed by atoms with van der Waals surface area (Å²) in [6.07, 6.45) is 6.29. The molecular weight excluding hydrogens is 274 g/mol. The summed E-state index contributed by atoms with van der Waals surface area (Å²) in [6, 6.07) is 11.7. The fraction of sp³-hybridized carbons (Fsp3) is 0.0526. The minimum Gasteiger partial charge on any atom is -0.478 e. The molecule has 1 aromatic rings. The Morgan fingerprint density at radius 1 is 1.14 bits per heavy atom. The van der Waals surface area contributed by atoms with E-state index in [9.17, 15) is 4.79 Å². The number of hydrogen-bond donors (Lipinski definition) is 1. The first kappa shape index (κ1) is 23.9. The van der Waals surface area contributed by atoms with Crippen molar-refractivity contribution < 1.29 is 9.90 Å². The fourth-order valence-electron chi connectivity index (χ4n) is 0.589. The maximum atomic E-state index is 9.60. The van der Waals surface area contributed by atoms with Crippen molar-refractivity contribution in [1.29, 1.82) is 5.26 Å².